The third kappa shape index (κ3) is 3.38. The highest BCUT2D eigenvalue weighted by Crippen LogP contribution is 2.37. The van der Waals surface area contributed by atoms with Crippen molar-refractivity contribution >= 4 is 51.1 Å². The summed E-state index contributed by atoms with van der Waals surface area (Å²) in [5.74, 6) is -0.0941. The second-order valence-corrected chi connectivity index (χ2v) is 6.96. The first kappa shape index (κ1) is 15.7. The normalized spacial score (nSPS) is 17.6. The van der Waals surface area contributed by atoms with E-state index in [0.717, 1.165) is 11.3 Å². The van der Waals surface area contributed by atoms with E-state index in [-0.39, 0.29) is 5.91 Å². The number of anilines is 1. The molecule has 122 valence electrons. The van der Waals surface area contributed by atoms with Gasteiger partial charge < -0.3 is 0 Å². The molecule has 0 aliphatic carbocycles. The van der Waals surface area contributed by atoms with Gasteiger partial charge in [0.1, 0.15) is 0 Å². The highest BCUT2D eigenvalue weighted by molar-refractivity contribution is 8.19. The fraction of sp³-hybridized carbons (Fsp3) is 0. The summed E-state index contributed by atoms with van der Waals surface area (Å²) in [7, 11) is 0. The lowest BCUT2D eigenvalue weighted by Gasteiger charge is -2.14. The van der Waals surface area contributed by atoms with Crippen molar-refractivity contribution in [2.24, 2.45) is 4.99 Å². The molecule has 3 heterocycles. The summed E-state index contributed by atoms with van der Waals surface area (Å²) in [5.41, 5.74) is 1.71. The van der Waals surface area contributed by atoms with Crippen molar-refractivity contribution in [3.8, 4) is 0 Å². The van der Waals surface area contributed by atoms with Gasteiger partial charge in [-0.05, 0) is 47.7 Å². The van der Waals surface area contributed by atoms with E-state index < -0.39 is 0 Å². The number of carbonyl (C=O) groups is 1. The molecule has 0 unspecified atom stereocenters. The molecule has 1 aliphatic heterocycles. The molecule has 0 bridgehead atoms. The average Bonchev–Trinajstić information content (AvgIpc) is 3.26. The zero-order valence-electron chi connectivity index (χ0n) is 12.9. The van der Waals surface area contributed by atoms with Crippen molar-refractivity contribution in [3.05, 3.63) is 76.9 Å². The number of thioether (sulfide) groups is 1. The molecule has 4 rings (SSSR count). The SMILES string of the molecule is O=C1/C(=C/c2ccncc2)S/C(=N/c2nccs2)N1c1ccccc1. The third-order valence-corrected chi connectivity index (χ3v) is 5.07. The van der Waals surface area contributed by atoms with E-state index in [9.17, 15) is 4.79 Å². The number of thiazole rings is 1. The number of pyridine rings is 1. The summed E-state index contributed by atoms with van der Waals surface area (Å²) in [6, 6.07) is 13.2. The largest absolute Gasteiger partial charge is 0.271 e. The zero-order chi connectivity index (χ0) is 17.1. The van der Waals surface area contributed by atoms with E-state index in [1.807, 2.05) is 53.9 Å². The number of aliphatic imine (C=N–C) groups is 1. The fourth-order valence-electron chi connectivity index (χ4n) is 2.32. The molecule has 7 heteroatoms. The zero-order valence-corrected chi connectivity index (χ0v) is 14.6. The Morgan fingerprint density at radius 1 is 1.04 bits per heavy atom. The first-order chi connectivity index (χ1) is 12.3. The van der Waals surface area contributed by atoms with Gasteiger partial charge in [0.15, 0.2) is 5.17 Å². The summed E-state index contributed by atoms with van der Waals surface area (Å²) in [4.78, 5) is 28.0. The van der Waals surface area contributed by atoms with Crippen molar-refractivity contribution in [2.45, 2.75) is 0 Å². The molecule has 1 aromatic carbocycles. The van der Waals surface area contributed by atoms with Gasteiger partial charge >= 0.3 is 0 Å². The summed E-state index contributed by atoms with van der Waals surface area (Å²) in [5, 5.41) is 3.09. The molecule has 0 spiro atoms. The van der Waals surface area contributed by atoms with Crippen LogP contribution in [0.4, 0.5) is 10.8 Å². The fourth-order valence-corrected chi connectivity index (χ4v) is 3.86. The first-order valence-corrected chi connectivity index (χ1v) is 9.18. The molecule has 25 heavy (non-hydrogen) atoms. The number of rotatable bonds is 3. The van der Waals surface area contributed by atoms with E-state index in [1.165, 1.54) is 23.1 Å². The van der Waals surface area contributed by atoms with Crippen LogP contribution in [0.3, 0.4) is 0 Å². The van der Waals surface area contributed by atoms with Crippen LogP contribution in [0.5, 0.6) is 0 Å². The van der Waals surface area contributed by atoms with Gasteiger partial charge in [0.2, 0.25) is 5.13 Å². The maximum absolute atomic E-state index is 13.0. The number of hydrogen-bond acceptors (Lipinski definition) is 6. The van der Waals surface area contributed by atoms with Crippen molar-refractivity contribution in [2.75, 3.05) is 4.90 Å². The van der Waals surface area contributed by atoms with Crippen LogP contribution in [-0.2, 0) is 4.79 Å². The second kappa shape index (κ2) is 7.00. The third-order valence-electron chi connectivity index (χ3n) is 3.44. The van der Waals surface area contributed by atoms with Gasteiger partial charge in [-0.3, -0.25) is 14.7 Å². The smallest absolute Gasteiger partial charge is 0.268 e. The lowest BCUT2D eigenvalue weighted by molar-refractivity contribution is -0.113. The van der Waals surface area contributed by atoms with Gasteiger partial charge in [-0.1, -0.05) is 18.2 Å². The number of amides is 1. The highest BCUT2D eigenvalue weighted by Gasteiger charge is 2.34. The maximum atomic E-state index is 13.0. The number of para-hydroxylation sites is 1. The van der Waals surface area contributed by atoms with Crippen molar-refractivity contribution in [3.63, 3.8) is 0 Å². The molecule has 2 aromatic heterocycles. The van der Waals surface area contributed by atoms with Crippen molar-refractivity contribution in [1.82, 2.24) is 9.97 Å². The quantitative estimate of drug-likeness (QED) is 0.649. The van der Waals surface area contributed by atoms with Gasteiger partial charge in [0, 0.05) is 24.0 Å². The van der Waals surface area contributed by atoms with Crippen LogP contribution in [0.25, 0.3) is 6.08 Å². The Bertz CT molecular complexity index is 938. The number of amidine groups is 1. The predicted octanol–water partition coefficient (Wildman–Crippen LogP) is 4.35. The minimum absolute atomic E-state index is 0.0941. The predicted molar refractivity (Wildman–Crippen MR) is 103 cm³/mol. The number of aromatic nitrogens is 2. The van der Waals surface area contributed by atoms with E-state index >= 15 is 0 Å². The van der Waals surface area contributed by atoms with Gasteiger partial charge in [0.05, 0.1) is 10.6 Å². The molecule has 1 aliphatic rings. The Morgan fingerprint density at radius 3 is 2.56 bits per heavy atom. The molecular formula is C18H12N4OS2. The molecule has 0 atom stereocenters. The minimum Gasteiger partial charge on any atom is -0.268 e. The van der Waals surface area contributed by atoms with Gasteiger partial charge in [0.25, 0.3) is 5.91 Å². The van der Waals surface area contributed by atoms with Crippen LogP contribution in [0.15, 0.2) is 76.3 Å². The summed E-state index contributed by atoms with van der Waals surface area (Å²) in [6.45, 7) is 0. The molecule has 0 N–H and O–H groups in total. The maximum Gasteiger partial charge on any atom is 0.271 e. The van der Waals surface area contributed by atoms with Gasteiger partial charge in [-0.15, -0.1) is 11.3 Å². The number of carbonyl (C=O) groups excluding carboxylic acids is 1. The Morgan fingerprint density at radius 2 is 1.84 bits per heavy atom. The van der Waals surface area contributed by atoms with Crippen LogP contribution in [0, 0.1) is 0 Å². The van der Waals surface area contributed by atoms with Crippen molar-refractivity contribution < 1.29 is 4.79 Å². The van der Waals surface area contributed by atoms with Gasteiger partial charge in [-0.25, -0.2) is 4.98 Å². The lowest BCUT2D eigenvalue weighted by atomic mass is 10.2. The topological polar surface area (TPSA) is 58.5 Å². The molecule has 1 saturated heterocycles. The number of nitrogens with zero attached hydrogens (tertiary/aromatic N) is 4. The summed E-state index contributed by atoms with van der Waals surface area (Å²) in [6.07, 6.45) is 6.97. The Labute approximate surface area is 152 Å². The average molecular weight is 364 g/mol. The van der Waals surface area contributed by atoms with E-state index in [0.29, 0.717) is 15.2 Å². The Balaban J connectivity index is 1.77. The molecular weight excluding hydrogens is 352 g/mol. The van der Waals surface area contributed by atoms with Crippen LogP contribution in [0.2, 0.25) is 0 Å². The van der Waals surface area contributed by atoms with E-state index in [1.54, 1.807) is 23.5 Å². The first-order valence-electron chi connectivity index (χ1n) is 7.48. The van der Waals surface area contributed by atoms with Crippen LogP contribution >= 0.6 is 23.1 Å². The highest BCUT2D eigenvalue weighted by atomic mass is 32.2. The summed E-state index contributed by atoms with van der Waals surface area (Å²) < 4.78 is 0. The standard InChI is InChI=1S/C18H12N4OS2/c23-16-15(12-13-6-8-19-9-7-13)25-18(21-17-20-10-11-24-17)22(16)14-4-2-1-3-5-14/h1-12H/b15-12-,21-18+. The van der Waals surface area contributed by atoms with Crippen LogP contribution in [-0.4, -0.2) is 21.0 Å². The molecule has 1 amide bonds. The Hall–Kier alpha value is -2.77. The monoisotopic (exact) mass is 364 g/mol. The lowest BCUT2D eigenvalue weighted by Crippen LogP contribution is -2.28. The summed E-state index contributed by atoms with van der Waals surface area (Å²) >= 11 is 2.78. The van der Waals surface area contributed by atoms with Crippen LogP contribution in [0.1, 0.15) is 5.56 Å². The van der Waals surface area contributed by atoms with Crippen LogP contribution < -0.4 is 4.90 Å². The Kier molecular flexibility index (Phi) is 4.41. The van der Waals surface area contributed by atoms with E-state index in [2.05, 4.69) is 15.0 Å². The van der Waals surface area contributed by atoms with Crippen molar-refractivity contribution in [1.29, 1.82) is 0 Å². The van der Waals surface area contributed by atoms with Gasteiger partial charge in [-0.2, -0.15) is 4.99 Å². The molecule has 0 saturated carbocycles. The number of benzene rings is 1. The minimum atomic E-state index is -0.0941. The number of hydrogen-bond donors (Lipinski definition) is 0. The molecule has 3 aromatic rings. The molecule has 5 nitrogen and oxygen atoms in total. The molecule has 0 radical (unpaired) electrons. The molecule has 1 fully saturated rings. The second-order valence-electron chi connectivity index (χ2n) is 5.08. The van der Waals surface area contributed by atoms with E-state index in [4.69, 9.17) is 0 Å².